The van der Waals surface area contributed by atoms with Crippen molar-refractivity contribution in [3.8, 4) is 11.3 Å². The number of carboxylic acids is 1. The molecule has 1 heterocycles. The minimum atomic E-state index is -0.890. The molecule has 0 atom stereocenters. The van der Waals surface area contributed by atoms with E-state index >= 15 is 0 Å². The van der Waals surface area contributed by atoms with Crippen molar-refractivity contribution < 1.29 is 9.90 Å². The molecule has 102 valence electrons. The van der Waals surface area contributed by atoms with Crippen LogP contribution in [0.5, 0.6) is 0 Å². The second kappa shape index (κ2) is 5.02. The van der Waals surface area contributed by atoms with Gasteiger partial charge < -0.3 is 5.11 Å². The smallest absolute Gasteiger partial charge is 0.337 e. The first-order valence-corrected chi connectivity index (χ1v) is 7.45. The van der Waals surface area contributed by atoms with Gasteiger partial charge in [0.1, 0.15) is 0 Å². The highest BCUT2D eigenvalue weighted by Gasteiger charge is 2.25. The fourth-order valence-electron chi connectivity index (χ4n) is 2.72. The molecule has 1 N–H and O–H groups in total. The van der Waals surface area contributed by atoms with Gasteiger partial charge in [0.05, 0.1) is 17.0 Å². The lowest BCUT2D eigenvalue weighted by Gasteiger charge is -2.08. The molecule has 20 heavy (non-hydrogen) atoms. The maximum absolute atomic E-state index is 11.4. The Bertz CT molecular complexity index is 710. The van der Waals surface area contributed by atoms with E-state index in [2.05, 4.69) is 27.0 Å². The Balaban J connectivity index is 2.20. The first kappa shape index (κ1) is 13.3. The number of fused-ring (bicyclic) bond motifs is 3. The van der Waals surface area contributed by atoms with Gasteiger partial charge in [0.2, 0.25) is 0 Å². The van der Waals surface area contributed by atoms with E-state index in [1.807, 2.05) is 19.1 Å². The van der Waals surface area contributed by atoms with Crippen LogP contribution >= 0.6 is 15.9 Å². The number of hydrogen-bond acceptors (Lipinski definition) is 2. The van der Waals surface area contributed by atoms with Gasteiger partial charge in [-0.2, -0.15) is 0 Å². The lowest BCUT2D eigenvalue weighted by molar-refractivity contribution is 0.0695. The van der Waals surface area contributed by atoms with E-state index in [1.165, 1.54) is 5.56 Å². The van der Waals surface area contributed by atoms with Crippen LogP contribution in [-0.2, 0) is 12.8 Å². The van der Waals surface area contributed by atoms with E-state index in [0.717, 1.165) is 34.1 Å². The number of aryl methyl sites for hydroxylation is 1. The summed E-state index contributed by atoms with van der Waals surface area (Å²) >= 11 is 3.56. The minimum Gasteiger partial charge on any atom is -0.478 e. The third-order valence-electron chi connectivity index (χ3n) is 3.64. The predicted octanol–water partition coefficient (Wildman–Crippen LogP) is 4.07. The van der Waals surface area contributed by atoms with Crippen LogP contribution in [0.3, 0.4) is 0 Å². The molecule has 1 aromatic heterocycles. The van der Waals surface area contributed by atoms with Crippen LogP contribution < -0.4 is 0 Å². The minimum absolute atomic E-state index is 0.342. The molecule has 0 bridgehead atoms. The van der Waals surface area contributed by atoms with Crippen molar-refractivity contribution in [3.05, 3.63) is 51.1 Å². The van der Waals surface area contributed by atoms with Crippen LogP contribution in [0.4, 0.5) is 0 Å². The molecule has 1 aromatic carbocycles. The van der Waals surface area contributed by atoms with Crippen LogP contribution in [-0.4, -0.2) is 16.1 Å². The molecule has 0 fully saturated rings. The fraction of sp³-hybridized carbons (Fsp3) is 0.250. The molecule has 0 amide bonds. The number of carbonyl (C=O) groups is 1. The second-order valence-electron chi connectivity index (χ2n) is 4.99. The molecule has 0 unspecified atom stereocenters. The Morgan fingerprint density at radius 3 is 2.95 bits per heavy atom. The number of halogens is 1. The van der Waals surface area contributed by atoms with Gasteiger partial charge in [0, 0.05) is 16.5 Å². The molecule has 1 aliphatic rings. The number of benzene rings is 1. The van der Waals surface area contributed by atoms with Crippen LogP contribution in [0.1, 0.15) is 40.5 Å². The molecular weight excluding hydrogens is 318 g/mol. The Labute approximate surface area is 125 Å². The Kier molecular flexibility index (Phi) is 3.34. The van der Waals surface area contributed by atoms with Gasteiger partial charge in [-0.1, -0.05) is 41.4 Å². The third kappa shape index (κ3) is 2.04. The Morgan fingerprint density at radius 1 is 1.45 bits per heavy atom. The van der Waals surface area contributed by atoms with Gasteiger partial charge >= 0.3 is 5.97 Å². The number of aromatic carboxylic acids is 1. The number of carboxylic acid groups (broad SMARTS) is 1. The Hall–Kier alpha value is -1.68. The zero-order valence-corrected chi connectivity index (χ0v) is 12.7. The van der Waals surface area contributed by atoms with Gasteiger partial charge in [-0.3, -0.25) is 4.98 Å². The molecular formula is C16H14BrNO2. The van der Waals surface area contributed by atoms with E-state index in [4.69, 9.17) is 0 Å². The molecule has 2 aromatic rings. The van der Waals surface area contributed by atoms with Crippen LogP contribution in [0.25, 0.3) is 11.3 Å². The van der Waals surface area contributed by atoms with Crippen molar-refractivity contribution in [1.82, 2.24) is 4.98 Å². The van der Waals surface area contributed by atoms with Crippen molar-refractivity contribution in [2.24, 2.45) is 0 Å². The average Bonchev–Trinajstić information content (AvgIpc) is 2.78. The average molecular weight is 332 g/mol. The van der Waals surface area contributed by atoms with E-state index in [-0.39, 0.29) is 0 Å². The lowest BCUT2D eigenvalue weighted by atomic mass is 10.0. The first-order chi connectivity index (χ1) is 9.61. The molecule has 0 aliphatic heterocycles. The summed E-state index contributed by atoms with van der Waals surface area (Å²) in [6.45, 7) is 2.03. The maximum atomic E-state index is 11.4. The Morgan fingerprint density at radius 2 is 2.25 bits per heavy atom. The van der Waals surface area contributed by atoms with Gasteiger partial charge in [0.15, 0.2) is 0 Å². The highest BCUT2D eigenvalue weighted by molar-refractivity contribution is 9.10. The lowest BCUT2D eigenvalue weighted by Crippen LogP contribution is -2.06. The topological polar surface area (TPSA) is 50.2 Å². The number of pyridine rings is 1. The van der Waals surface area contributed by atoms with Crippen molar-refractivity contribution in [3.63, 3.8) is 0 Å². The molecule has 0 saturated carbocycles. The van der Waals surface area contributed by atoms with Crippen LogP contribution in [0, 0.1) is 0 Å². The molecule has 0 spiro atoms. The summed E-state index contributed by atoms with van der Waals surface area (Å²) in [6, 6.07) is 7.84. The van der Waals surface area contributed by atoms with Crippen LogP contribution in [0.15, 0.2) is 28.7 Å². The standard InChI is InChI=1S/C16H14BrNO2/c1-2-4-14-12(16(19)20)8-9-7-11-10(15(9)18-14)5-3-6-13(11)17/h3,5-6,8H,2,4,7H2,1H3,(H,19,20). The number of aromatic nitrogens is 1. The molecule has 0 radical (unpaired) electrons. The van der Waals surface area contributed by atoms with Crippen LogP contribution in [0.2, 0.25) is 0 Å². The van der Waals surface area contributed by atoms with Crippen molar-refractivity contribution >= 4 is 21.9 Å². The van der Waals surface area contributed by atoms with E-state index in [9.17, 15) is 9.90 Å². The van der Waals surface area contributed by atoms with Gasteiger partial charge in [0.25, 0.3) is 0 Å². The molecule has 3 nitrogen and oxygen atoms in total. The van der Waals surface area contributed by atoms with E-state index in [1.54, 1.807) is 6.07 Å². The SMILES string of the molecule is CCCc1nc2c(cc1C(=O)O)Cc1c(Br)cccc1-2. The predicted molar refractivity (Wildman–Crippen MR) is 81.1 cm³/mol. The zero-order valence-electron chi connectivity index (χ0n) is 11.1. The van der Waals surface area contributed by atoms with Crippen molar-refractivity contribution in [1.29, 1.82) is 0 Å². The van der Waals surface area contributed by atoms with Gasteiger partial charge in [-0.05, 0) is 29.7 Å². The summed E-state index contributed by atoms with van der Waals surface area (Å²) in [5, 5.41) is 9.35. The molecule has 4 heteroatoms. The van der Waals surface area contributed by atoms with Crippen molar-refractivity contribution in [2.45, 2.75) is 26.2 Å². The first-order valence-electron chi connectivity index (χ1n) is 6.65. The fourth-order valence-corrected chi connectivity index (χ4v) is 3.23. The number of rotatable bonds is 3. The third-order valence-corrected chi connectivity index (χ3v) is 4.38. The summed E-state index contributed by atoms with van der Waals surface area (Å²) in [5.74, 6) is -0.890. The summed E-state index contributed by atoms with van der Waals surface area (Å²) < 4.78 is 1.06. The summed E-state index contributed by atoms with van der Waals surface area (Å²) in [4.78, 5) is 16.0. The normalized spacial score (nSPS) is 12.1. The molecule has 3 rings (SSSR count). The highest BCUT2D eigenvalue weighted by atomic mass is 79.9. The van der Waals surface area contributed by atoms with E-state index in [0.29, 0.717) is 17.7 Å². The highest BCUT2D eigenvalue weighted by Crippen LogP contribution is 2.39. The van der Waals surface area contributed by atoms with Gasteiger partial charge in [-0.25, -0.2) is 4.79 Å². The molecule has 0 saturated heterocycles. The largest absolute Gasteiger partial charge is 0.478 e. The maximum Gasteiger partial charge on any atom is 0.337 e. The van der Waals surface area contributed by atoms with Gasteiger partial charge in [-0.15, -0.1) is 0 Å². The summed E-state index contributed by atoms with van der Waals surface area (Å²) in [6.07, 6.45) is 2.32. The van der Waals surface area contributed by atoms with E-state index < -0.39 is 5.97 Å². The number of hydrogen-bond donors (Lipinski definition) is 1. The number of nitrogens with zero attached hydrogens (tertiary/aromatic N) is 1. The summed E-state index contributed by atoms with van der Waals surface area (Å²) in [7, 11) is 0. The zero-order chi connectivity index (χ0) is 14.3. The second-order valence-corrected chi connectivity index (χ2v) is 5.84. The summed E-state index contributed by atoms with van der Waals surface area (Å²) in [5.41, 5.74) is 5.28. The monoisotopic (exact) mass is 331 g/mol. The quantitative estimate of drug-likeness (QED) is 0.787. The van der Waals surface area contributed by atoms with Crippen molar-refractivity contribution in [2.75, 3.05) is 0 Å². The molecule has 1 aliphatic carbocycles.